The van der Waals surface area contributed by atoms with Gasteiger partial charge in [-0.25, -0.2) is 0 Å². The van der Waals surface area contributed by atoms with E-state index in [1.54, 1.807) is 7.05 Å². The number of ether oxygens (including phenoxy) is 2. The lowest BCUT2D eigenvalue weighted by molar-refractivity contribution is -0.142. The zero-order valence-corrected chi connectivity index (χ0v) is 20.0. The molecule has 2 fully saturated rings. The van der Waals surface area contributed by atoms with E-state index < -0.39 is 0 Å². The van der Waals surface area contributed by atoms with E-state index >= 15 is 0 Å². The van der Waals surface area contributed by atoms with Crippen LogP contribution >= 0.6 is 24.0 Å². The summed E-state index contributed by atoms with van der Waals surface area (Å²) in [5.41, 5.74) is 2.33. The summed E-state index contributed by atoms with van der Waals surface area (Å²) in [7, 11) is 1.80. The number of guanidine groups is 1. The first kappa shape index (κ1) is 23.7. The number of aryl methyl sites for hydroxylation is 1. The Bertz CT molecular complexity index is 699. The molecule has 0 radical (unpaired) electrons. The lowest BCUT2D eigenvalue weighted by Gasteiger charge is -2.37. The van der Waals surface area contributed by atoms with Gasteiger partial charge < -0.3 is 24.6 Å². The quantitative estimate of drug-likeness (QED) is 0.370. The molecule has 3 rings (SSSR count). The van der Waals surface area contributed by atoms with Crippen LogP contribution in [0.3, 0.4) is 0 Å². The molecule has 0 bridgehead atoms. The zero-order chi connectivity index (χ0) is 19.9. The Kier molecular flexibility index (Phi) is 9.48. The highest BCUT2D eigenvalue weighted by atomic mass is 127. The summed E-state index contributed by atoms with van der Waals surface area (Å²) >= 11 is 0. The minimum atomic E-state index is -0.230. The maximum Gasteiger partial charge on any atom is 0.251 e. The third-order valence-corrected chi connectivity index (χ3v) is 5.30. The van der Waals surface area contributed by atoms with Crippen molar-refractivity contribution in [2.75, 3.05) is 46.4 Å². The molecule has 2 aliphatic heterocycles. The predicted octanol–water partition coefficient (Wildman–Crippen LogP) is 2.41. The van der Waals surface area contributed by atoms with E-state index in [4.69, 9.17) is 9.47 Å². The topological polar surface area (TPSA) is 66.4 Å². The summed E-state index contributed by atoms with van der Waals surface area (Å²) in [5, 5.41) is 3.44. The predicted molar refractivity (Wildman–Crippen MR) is 125 cm³/mol. The van der Waals surface area contributed by atoms with Gasteiger partial charge in [0.15, 0.2) is 5.96 Å². The first-order chi connectivity index (χ1) is 13.6. The highest BCUT2D eigenvalue weighted by Gasteiger charge is 2.30. The molecule has 1 unspecified atom stereocenters. The monoisotopic (exact) mass is 516 g/mol. The van der Waals surface area contributed by atoms with E-state index in [1.165, 1.54) is 5.56 Å². The smallest absolute Gasteiger partial charge is 0.251 e. The average molecular weight is 516 g/mol. The van der Waals surface area contributed by atoms with Crippen molar-refractivity contribution in [2.24, 2.45) is 4.99 Å². The molecule has 162 valence electrons. The second-order valence-corrected chi connectivity index (χ2v) is 7.25. The van der Waals surface area contributed by atoms with Crippen LogP contribution in [0.15, 0.2) is 23.2 Å². The summed E-state index contributed by atoms with van der Waals surface area (Å²) in [4.78, 5) is 21.0. The van der Waals surface area contributed by atoms with Crippen molar-refractivity contribution in [1.82, 2.24) is 15.1 Å². The molecule has 0 spiro atoms. The number of halogens is 1. The molecule has 2 aliphatic rings. The lowest BCUT2D eigenvalue weighted by Crippen LogP contribution is -2.55. The average Bonchev–Trinajstić information content (AvgIpc) is 3.25. The van der Waals surface area contributed by atoms with E-state index in [2.05, 4.69) is 34.3 Å². The van der Waals surface area contributed by atoms with Gasteiger partial charge >= 0.3 is 0 Å². The van der Waals surface area contributed by atoms with Crippen LogP contribution in [0, 0.1) is 6.92 Å². The Balaban J connectivity index is 0.00000300. The fourth-order valence-corrected chi connectivity index (χ4v) is 3.77. The molecule has 0 saturated carbocycles. The maximum absolute atomic E-state index is 12.5. The van der Waals surface area contributed by atoms with E-state index in [9.17, 15) is 4.79 Å². The molecule has 0 aromatic heterocycles. The van der Waals surface area contributed by atoms with Crippen molar-refractivity contribution < 1.29 is 14.3 Å². The molecule has 1 aromatic carbocycles. The van der Waals surface area contributed by atoms with Crippen molar-refractivity contribution in [3.8, 4) is 5.75 Å². The van der Waals surface area contributed by atoms with Crippen LogP contribution in [-0.2, 0) is 16.1 Å². The van der Waals surface area contributed by atoms with Crippen molar-refractivity contribution in [2.45, 2.75) is 39.3 Å². The number of hydrogen-bond donors (Lipinski definition) is 1. The Labute approximate surface area is 190 Å². The molecule has 2 saturated heterocycles. The minimum Gasteiger partial charge on any atom is -0.494 e. The fourth-order valence-electron chi connectivity index (χ4n) is 3.77. The van der Waals surface area contributed by atoms with Crippen molar-refractivity contribution in [3.63, 3.8) is 0 Å². The summed E-state index contributed by atoms with van der Waals surface area (Å²) in [5.74, 6) is 1.95. The van der Waals surface area contributed by atoms with Crippen LogP contribution in [0.2, 0.25) is 0 Å². The highest BCUT2D eigenvalue weighted by Crippen LogP contribution is 2.19. The van der Waals surface area contributed by atoms with E-state index in [0.29, 0.717) is 32.8 Å². The molecular weight excluding hydrogens is 483 g/mol. The van der Waals surface area contributed by atoms with Gasteiger partial charge in [-0.3, -0.25) is 9.79 Å². The second-order valence-electron chi connectivity index (χ2n) is 7.25. The van der Waals surface area contributed by atoms with Crippen LogP contribution in [0.1, 0.15) is 30.9 Å². The number of aliphatic imine (C=N–C) groups is 1. The fraction of sp³-hybridized carbons (Fsp3) is 0.619. The van der Waals surface area contributed by atoms with E-state index in [-0.39, 0.29) is 36.0 Å². The molecule has 1 aromatic rings. The molecule has 2 heterocycles. The van der Waals surface area contributed by atoms with Gasteiger partial charge in [-0.1, -0.05) is 12.1 Å². The van der Waals surface area contributed by atoms with Gasteiger partial charge in [0.05, 0.1) is 6.61 Å². The van der Waals surface area contributed by atoms with E-state index in [0.717, 1.165) is 43.2 Å². The molecule has 1 N–H and O–H groups in total. The number of amides is 1. The van der Waals surface area contributed by atoms with E-state index in [1.807, 2.05) is 17.9 Å². The number of nitrogens with one attached hydrogen (secondary N) is 1. The third kappa shape index (κ3) is 6.21. The number of carbonyl (C=O) groups is 1. The molecule has 29 heavy (non-hydrogen) atoms. The number of benzene rings is 1. The molecule has 1 amide bonds. The first-order valence-electron chi connectivity index (χ1n) is 10.2. The standard InChI is InChI=1S/C21H32N4O3.HI/c1-4-27-18-8-7-17(14-16(18)2)15-23-21(22-3)25-11-9-24(10-12-25)20(26)19-6-5-13-28-19;/h7-8,14,19H,4-6,9-13,15H2,1-3H3,(H,22,23);1H. The first-order valence-corrected chi connectivity index (χ1v) is 10.2. The van der Waals surface area contributed by atoms with Crippen LogP contribution < -0.4 is 10.1 Å². The normalized spacial score (nSPS) is 19.7. The Morgan fingerprint density at radius 1 is 1.28 bits per heavy atom. The summed E-state index contributed by atoms with van der Waals surface area (Å²) in [6.45, 7) is 9.12. The van der Waals surface area contributed by atoms with Gasteiger partial charge in [0.1, 0.15) is 11.9 Å². The van der Waals surface area contributed by atoms with Gasteiger partial charge in [-0.05, 0) is 43.9 Å². The maximum atomic E-state index is 12.5. The van der Waals surface area contributed by atoms with Crippen molar-refractivity contribution >= 4 is 35.8 Å². The number of nitrogens with zero attached hydrogens (tertiary/aromatic N) is 3. The number of rotatable bonds is 5. The van der Waals surface area contributed by atoms with Gasteiger partial charge in [-0.2, -0.15) is 0 Å². The number of piperazine rings is 1. The molecular formula is C21H33IN4O3. The third-order valence-electron chi connectivity index (χ3n) is 5.30. The SMILES string of the molecule is CCOc1ccc(CNC(=NC)N2CCN(C(=O)C3CCCO3)CC2)cc1C.I. The second kappa shape index (κ2) is 11.6. The Hall–Kier alpha value is -1.55. The van der Waals surface area contributed by atoms with Crippen molar-refractivity contribution in [3.05, 3.63) is 29.3 Å². The zero-order valence-electron chi connectivity index (χ0n) is 17.6. The van der Waals surface area contributed by atoms with Crippen LogP contribution in [0.25, 0.3) is 0 Å². The van der Waals surface area contributed by atoms with Crippen LogP contribution in [0.4, 0.5) is 0 Å². The van der Waals surface area contributed by atoms with Gasteiger partial charge in [0.2, 0.25) is 0 Å². The molecule has 1 atom stereocenters. The molecule has 7 nitrogen and oxygen atoms in total. The number of hydrogen-bond acceptors (Lipinski definition) is 4. The molecule has 0 aliphatic carbocycles. The van der Waals surface area contributed by atoms with Crippen LogP contribution in [-0.4, -0.2) is 74.2 Å². The van der Waals surface area contributed by atoms with Gasteiger partial charge in [-0.15, -0.1) is 24.0 Å². The summed E-state index contributed by atoms with van der Waals surface area (Å²) in [6, 6.07) is 6.24. The van der Waals surface area contributed by atoms with Gasteiger partial charge in [0.25, 0.3) is 5.91 Å². The lowest BCUT2D eigenvalue weighted by atomic mass is 10.1. The summed E-state index contributed by atoms with van der Waals surface area (Å²) < 4.78 is 11.1. The van der Waals surface area contributed by atoms with Crippen molar-refractivity contribution in [1.29, 1.82) is 0 Å². The minimum absolute atomic E-state index is 0. The largest absolute Gasteiger partial charge is 0.494 e. The molecule has 8 heteroatoms. The Morgan fingerprint density at radius 2 is 2.00 bits per heavy atom. The number of carbonyl (C=O) groups excluding carboxylic acids is 1. The highest BCUT2D eigenvalue weighted by molar-refractivity contribution is 14.0. The van der Waals surface area contributed by atoms with Gasteiger partial charge in [0, 0.05) is 46.4 Å². The Morgan fingerprint density at radius 3 is 2.59 bits per heavy atom. The van der Waals surface area contributed by atoms with Crippen LogP contribution in [0.5, 0.6) is 5.75 Å². The summed E-state index contributed by atoms with van der Waals surface area (Å²) in [6.07, 6.45) is 1.61.